The van der Waals surface area contributed by atoms with E-state index in [9.17, 15) is 9.18 Å². The molecule has 0 amide bonds. The molecule has 0 aromatic heterocycles. The summed E-state index contributed by atoms with van der Waals surface area (Å²) >= 11 is 4.51. The fourth-order valence-electron chi connectivity index (χ4n) is 1.03. The Bertz CT molecular complexity index is 369. The number of carbonyl (C=O) groups excluding carboxylic acids is 1. The van der Waals surface area contributed by atoms with Gasteiger partial charge in [0.2, 0.25) is 0 Å². The van der Waals surface area contributed by atoms with E-state index < -0.39 is 4.83 Å². The first-order chi connectivity index (χ1) is 7.52. The van der Waals surface area contributed by atoms with Crippen molar-refractivity contribution in [1.29, 1.82) is 0 Å². The Kier molecular flexibility index (Phi) is 5.08. The van der Waals surface area contributed by atoms with Gasteiger partial charge in [0.1, 0.15) is 10.6 Å². The second-order valence-electron chi connectivity index (χ2n) is 3.02. The summed E-state index contributed by atoms with van der Waals surface area (Å²) in [6.45, 7) is 0. The normalized spacial score (nSPS) is 12.2. The number of nitrogens with two attached hydrogens (primary N) is 1. The van der Waals surface area contributed by atoms with Gasteiger partial charge in [0.05, 0.1) is 7.11 Å². The number of halogens is 2. The quantitative estimate of drug-likeness (QED) is 0.402. The van der Waals surface area contributed by atoms with E-state index in [1.807, 2.05) is 0 Å². The molecule has 1 aromatic carbocycles. The van der Waals surface area contributed by atoms with Crippen LogP contribution in [0.4, 0.5) is 10.1 Å². The van der Waals surface area contributed by atoms with Crippen molar-refractivity contribution >= 4 is 39.3 Å². The first kappa shape index (κ1) is 13.3. The van der Waals surface area contributed by atoms with Crippen molar-refractivity contribution in [2.45, 2.75) is 9.72 Å². The molecule has 16 heavy (non-hydrogen) atoms. The fraction of sp³-hybridized carbons (Fsp3) is 0.300. The molecule has 0 aliphatic carbocycles. The lowest BCUT2D eigenvalue weighted by molar-refractivity contribution is -0.139. The van der Waals surface area contributed by atoms with E-state index in [1.54, 1.807) is 6.07 Å². The van der Waals surface area contributed by atoms with Gasteiger partial charge in [-0.1, -0.05) is 15.9 Å². The summed E-state index contributed by atoms with van der Waals surface area (Å²) in [5.41, 5.74) is 5.86. The molecule has 1 unspecified atom stereocenters. The number of carbonyl (C=O) groups is 1. The number of rotatable bonds is 4. The zero-order valence-corrected chi connectivity index (χ0v) is 11.0. The molecule has 0 fully saturated rings. The largest absolute Gasteiger partial charge is 0.468 e. The van der Waals surface area contributed by atoms with Gasteiger partial charge < -0.3 is 10.5 Å². The molecule has 0 saturated heterocycles. The lowest BCUT2D eigenvalue weighted by Gasteiger charge is -2.07. The molecule has 3 nitrogen and oxygen atoms in total. The Balaban J connectivity index is 2.57. The van der Waals surface area contributed by atoms with Crippen LogP contribution in [0.3, 0.4) is 0 Å². The molecule has 1 rings (SSSR count). The maximum Gasteiger partial charge on any atom is 0.320 e. The Morgan fingerprint density at radius 2 is 2.31 bits per heavy atom. The first-order valence-corrected chi connectivity index (χ1v) is 6.34. The van der Waals surface area contributed by atoms with Gasteiger partial charge in [0, 0.05) is 16.3 Å². The van der Waals surface area contributed by atoms with E-state index in [0.717, 1.165) is 0 Å². The highest BCUT2D eigenvalue weighted by atomic mass is 79.9. The Morgan fingerprint density at radius 1 is 1.62 bits per heavy atom. The molecule has 2 N–H and O–H groups in total. The van der Waals surface area contributed by atoms with Crippen molar-refractivity contribution in [3.8, 4) is 0 Å². The van der Waals surface area contributed by atoms with Gasteiger partial charge in [-0.3, -0.25) is 4.79 Å². The average molecular weight is 308 g/mol. The molecule has 1 aromatic rings. The highest BCUT2D eigenvalue weighted by Gasteiger charge is 2.15. The molecule has 0 spiro atoms. The van der Waals surface area contributed by atoms with Crippen LogP contribution in [-0.2, 0) is 9.53 Å². The van der Waals surface area contributed by atoms with Crippen LogP contribution in [0.2, 0.25) is 0 Å². The summed E-state index contributed by atoms with van der Waals surface area (Å²) in [6.07, 6.45) is 0. The number of anilines is 1. The SMILES string of the molecule is COC(=O)C(Br)CSc1cc(N)cc(F)c1. The van der Waals surface area contributed by atoms with Crippen LogP contribution in [0.1, 0.15) is 0 Å². The Labute approximate surface area is 106 Å². The zero-order chi connectivity index (χ0) is 12.1. The van der Waals surface area contributed by atoms with Gasteiger partial charge in [-0.15, -0.1) is 11.8 Å². The van der Waals surface area contributed by atoms with Crippen molar-refractivity contribution in [3.63, 3.8) is 0 Å². The number of thioether (sulfide) groups is 1. The van der Waals surface area contributed by atoms with Gasteiger partial charge in [-0.2, -0.15) is 0 Å². The van der Waals surface area contributed by atoms with Crippen molar-refractivity contribution in [2.75, 3.05) is 18.6 Å². The molecule has 0 aliphatic rings. The molecular weight excluding hydrogens is 297 g/mol. The van der Waals surface area contributed by atoms with Crippen LogP contribution >= 0.6 is 27.7 Å². The number of benzene rings is 1. The summed E-state index contributed by atoms with van der Waals surface area (Å²) in [6, 6.07) is 4.28. The standard InChI is InChI=1S/C10H11BrFNO2S/c1-15-10(14)9(11)5-16-8-3-6(12)2-7(13)4-8/h2-4,9H,5,13H2,1H3. The second-order valence-corrected chi connectivity index (χ2v) is 5.22. The summed E-state index contributed by atoms with van der Waals surface area (Å²) < 4.78 is 17.5. The number of ether oxygens (including phenoxy) is 1. The minimum absolute atomic E-state index is 0.350. The smallest absolute Gasteiger partial charge is 0.320 e. The van der Waals surface area contributed by atoms with E-state index in [0.29, 0.717) is 16.3 Å². The number of hydrogen-bond acceptors (Lipinski definition) is 4. The summed E-state index contributed by atoms with van der Waals surface area (Å²) in [5, 5.41) is 0. The third-order valence-corrected chi connectivity index (χ3v) is 3.94. The predicted octanol–water partition coefficient (Wildman–Crippen LogP) is 2.44. The van der Waals surface area contributed by atoms with Crippen molar-refractivity contribution < 1.29 is 13.9 Å². The van der Waals surface area contributed by atoms with Crippen molar-refractivity contribution in [1.82, 2.24) is 0 Å². The van der Waals surface area contributed by atoms with E-state index in [-0.39, 0.29) is 11.8 Å². The molecular formula is C10H11BrFNO2S. The highest BCUT2D eigenvalue weighted by Crippen LogP contribution is 2.24. The van der Waals surface area contributed by atoms with Crippen LogP contribution in [-0.4, -0.2) is 23.7 Å². The van der Waals surface area contributed by atoms with E-state index in [4.69, 9.17) is 5.73 Å². The second kappa shape index (κ2) is 6.10. The van der Waals surface area contributed by atoms with Crippen molar-refractivity contribution in [2.24, 2.45) is 0 Å². The van der Waals surface area contributed by atoms with Gasteiger partial charge >= 0.3 is 5.97 Å². The summed E-state index contributed by atoms with van der Waals surface area (Å²) in [7, 11) is 1.32. The van der Waals surface area contributed by atoms with E-state index >= 15 is 0 Å². The Morgan fingerprint density at radius 3 is 2.88 bits per heavy atom. The molecule has 6 heteroatoms. The van der Waals surface area contributed by atoms with Crippen LogP contribution in [0.25, 0.3) is 0 Å². The minimum Gasteiger partial charge on any atom is -0.468 e. The topological polar surface area (TPSA) is 52.3 Å². The fourth-order valence-corrected chi connectivity index (χ4v) is 2.51. The van der Waals surface area contributed by atoms with Crippen LogP contribution in [0, 0.1) is 5.82 Å². The zero-order valence-electron chi connectivity index (χ0n) is 8.57. The lowest BCUT2D eigenvalue weighted by Crippen LogP contribution is -2.17. The molecule has 0 radical (unpaired) electrons. The number of alkyl halides is 1. The van der Waals surface area contributed by atoms with Gasteiger partial charge in [-0.05, 0) is 18.2 Å². The summed E-state index contributed by atoms with van der Waals surface area (Å²) in [4.78, 5) is 11.4. The summed E-state index contributed by atoms with van der Waals surface area (Å²) in [5.74, 6) is -0.279. The molecule has 1 atom stereocenters. The van der Waals surface area contributed by atoms with Crippen molar-refractivity contribution in [3.05, 3.63) is 24.0 Å². The molecule has 88 valence electrons. The first-order valence-electron chi connectivity index (χ1n) is 4.43. The average Bonchev–Trinajstić information content (AvgIpc) is 2.23. The van der Waals surface area contributed by atoms with Gasteiger partial charge in [0.25, 0.3) is 0 Å². The number of esters is 1. The van der Waals surface area contributed by atoms with Gasteiger partial charge in [0.15, 0.2) is 0 Å². The third kappa shape index (κ3) is 4.02. The molecule has 0 heterocycles. The minimum atomic E-state index is -0.410. The number of hydrogen-bond donors (Lipinski definition) is 1. The van der Waals surface area contributed by atoms with Gasteiger partial charge in [-0.25, -0.2) is 4.39 Å². The maximum absolute atomic E-state index is 13.0. The third-order valence-electron chi connectivity index (χ3n) is 1.75. The van der Waals surface area contributed by atoms with E-state index in [2.05, 4.69) is 20.7 Å². The maximum atomic E-state index is 13.0. The lowest BCUT2D eigenvalue weighted by atomic mass is 10.3. The monoisotopic (exact) mass is 307 g/mol. The number of methoxy groups -OCH3 is 1. The molecule has 0 saturated carbocycles. The highest BCUT2D eigenvalue weighted by molar-refractivity contribution is 9.10. The number of nitrogen functional groups attached to an aromatic ring is 1. The van der Waals surface area contributed by atoms with Crippen LogP contribution < -0.4 is 5.73 Å². The van der Waals surface area contributed by atoms with Crippen LogP contribution in [0.15, 0.2) is 23.1 Å². The Hall–Kier alpha value is -0.750. The van der Waals surface area contributed by atoms with E-state index in [1.165, 1.54) is 31.0 Å². The molecule has 0 bridgehead atoms. The van der Waals surface area contributed by atoms with Crippen LogP contribution in [0.5, 0.6) is 0 Å². The molecule has 0 aliphatic heterocycles. The predicted molar refractivity (Wildman–Crippen MR) is 66.3 cm³/mol.